The lowest BCUT2D eigenvalue weighted by atomic mass is 10.1. The molecule has 0 unspecified atom stereocenters. The maximum atomic E-state index is 12.0. The number of unbranched alkanes of at least 4 members (excludes halogenated alkanes) is 1. The largest absolute Gasteiger partial charge is 0.493 e. The Balaban J connectivity index is 2.85. The predicted molar refractivity (Wildman–Crippen MR) is 88.0 cm³/mol. The van der Waals surface area contributed by atoms with E-state index >= 15 is 0 Å². The van der Waals surface area contributed by atoms with Gasteiger partial charge in [-0.1, -0.05) is 29.3 Å². The topological polar surface area (TPSA) is 38.3 Å². The molecule has 0 aliphatic rings. The number of hydrogen-bond donors (Lipinski definition) is 1. The van der Waals surface area contributed by atoms with Gasteiger partial charge in [-0.25, -0.2) is 0 Å². The summed E-state index contributed by atoms with van der Waals surface area (Å²) in [6.07, 6.45) is 2.17. The van der Waals surface area contributed by atoms with Crippen molar-refractivity contribution in [3.63, 3.8) is 0 Å². The molecule has 3 nitrogen and oxygen atoms in total. The first kappa shape index (κ1) is 17.0. The summed E-state index contributed by atoms with van der Waals surface area (Å²) < 4.78 is 5.23. The molecule has 1 N–H and O–H groups in total. The van der Waals surface area contributed by atoms with Gasteiger partial charge in [0, 0.05) is 5.69 Å². The van der Waals surface area contributed by atoms with Crippen LogP contribution in [-0.4, -0.2) is 16.8 Å². The Morgan fingerprint density at radius 2 is 1.85 bits per heavy atom. The number of nitrogens with one attached hydrogen (secondary N) is 1. The first-order chi connectivity index (χ1) is 9.25. The lowest BCUT2D eigenvalue weighted by Crippen LogP contribution is -2.31. The van der Waals surface area contributed by atoms with E-state index in [0.717, 1.165) is 42.0 Å². The van der Waals surface area contributed by atoms with Gasteiger partial charge in [0.25, 0.3) is 0 Å². The van der Waals surface area contributed by atoms with Crippen LogP contribution in [0.1, 0.15) is 44.7 Å². The first-order valence-corrected chi connectivity index (χ1v) is 7.79. The van der Waals surface area contributed by atoms with Crippen molar-refractivity contribution in [2.75, 3.05) is 11.9 Å². The van der Waals surface area contributed by atoms with E-state index < -0.39 is 4.32 Å². The minimum absolute atomic E-state index is 0.0593. The zero-order chi connectivity index (χ0) is 15.3. The number of halogens is 1. The Bertz CT molecular complexity index is 455. The standard InChI is InChI=1S/C16H24BrNO2/c1-6-7-8-20-14-11(2)9-13(10-12(14)3)18-15(19)16(4,5)17/h9-10H,6-8H2,1-5H3,(H,18,19). The second kappa shape index (κ2) is 7.11. The maximum Gasteiger partial charge on any atom is 0.240 e. The van der Waals surface area contributed by atoms with Gasteiger partial charge in [0.05, 0.1) is 10.9 Å². The summed E-state index contributed by atoms with van der Waals surface area (Å²) in [7, 11) is 0. The molecule has 112 valence electrons. The molecule has 0 atom stereocenters. The minimum Gasteiger partial charge on any atom is -0.493 e. The third-order valence-electron chi connectivity index (χ3n) is 3.00. The van der Waals surface area contributed by atoms with Gasteiger partial charge in [0.15, 0.2) is 0 Å². The lowest BCUT2D eigenvalue weighted by Gasteiger charge is -2.18. The number of carbonyl (C=O) groups is 1. The summed E-state index contributed by atoms with van der Waals surface area (Å²) in [5.74, 6) is 0.866. The van der Waals surface area contributed by atoms with Crippen LogP contribution in [0.25, 0.3) is 0 Å². The highest BCUT2D eigenvalue weighted by Crippen LogP contribution is 2.28. The van der Waals surface area contributed by atoms with Gasteiger partial charge < -0.3 is 10.1 Å². The van der Waals surface area contributed by atoms with Gasteiger partial charge in [0.2, 0.25) is 5.91 Å². The predicted octanol–water partition coefficient (Wildman–Crippen LogP) is 4.59. The highest BCUT2D eigenvalue weighted by Gasteiger charge is 2.23. The molecule has 1 aromatic rings. The molecule has 0 aromatic heterocycles. The highest BCUT2D eigenvalue weighted by molar-refractivity contribution is 9.10. The first-order valence-electron chi connectivity index (χ1n) is 7.00. The average molecular weight is 342 g/mol. The normalized spacial score (nSPS) is 11.3. The zero-order valence-corrected chi connectivity index (χ0v) is 14.6. The Hall–Kier alpha value is -1.03. The van der Waals surface area contributed by atoms with Crippen LogP contribution < -0.4 is 10.1 Å². The summed E-state index contributed by atoms with van der Waals surface area (Å²) >= 11 is 3.36. The second-order valence-electron chi connectivity index (χ2n) is 5.57. The molecule has 4 heteroatoms. The number of ether oxygens (including phenoxy) is 1. The number of rotatable bonds is 6. The SMILES string of the molecule is CCCCOc1c(C)cc(NC(=O)C(C)(C)Br)cc1C. The van der Waals surface area contributed by atoms with Gasteiger partial charge in [-0.05, 0) is 57.4 Å². The third-order valence-corrected chi connectivity index (χ3v) is 3.36. The van der Waals surface area contributed by atoms with Crippen molar-refractivity contribution >= 4 is 27.5 Å². The second-order valence-corrected chi connectivity index (χ2v) is 7.55. The van der Waals surface area contributed by atoms with Crippen LogP contribution in [0, 0.1) is 13.8 Å². The molecule has 1 rings (SSSR count). The highest BCUT2D eigenvalue weighted by atomic mass is 79.9. The van der Waals surface area contributed by atoms with E-state index in [-0.39, 0.29) is 5.91 Å². The smallest absolute Gasteiger partial charge is 0.240 e. The lowest BCUT2D eigenvalue weighted by molar-refractivity contribution is -0.117. The molecule has 0 spiro atoms. The van der Waals surface area contributed by atoms with Crippen LogP contribution in [0.5, 0.6) is 5.75 Å². The van der Waals surface area contributed by atoms with Crippen LogP contribution in [0.4, 0.5) is 5.69 Å². The van der Waals surface area contributed by atoms with Gasteiger partial charge in [0.1, 0.15) is 5.75 Å². The Morgan fingerprint density at radius 3 is 2.30 bits per heavy atom. The molecular formula is C16H24BrNO2. The summed E-state index contributed by atoms with van der Waals surface area (Å²) in [6, 6.07) is 3.90. The van der Waals surface area contributed by atoms with Crippen LogP contribution in [-0.2, 0) is 4.79 Å². The molecule has 0 aliphatic carbocycles. The van der Waals surface area contributed by atoms with Crippen molar-refractivity contribution in [3.05, 3.63) is 23.3 Å². The van der Waals surface area contributed by atoms with Gasteiger partial charge in [-0.15, -0.1) is 0 Å². The van der Waals surface area contributed by atoms with E-state index in [0.29, 0.717) is 0 Å². The van der Waals surface area contributed by atoms with Crippen molar-refractivity contribution in [3.8, 4) is 5.75 Å². The van der Waals surface area contributed by atoms with Crippen molar-refractivity contribution in [2.24, 2.45) is 0 Å². The molecule has 20 heavy (non-hydrogen) atoms. The van der Waals surface area contributed by atoms with E-state index in [2.05, 4.69) is 28.2 Å². The van der Waals surface area contributed by atoms with Gasteiger partial charge >= 0.3 is 0 Å². The summed E-state index contributed by atoms with van der Waals surface area (Å²) in [5, 5.41) is 2.92. The van der Waals surface area contributed by atoms with Crippen molar-refractivity contribution in [1.29, 1.82) is 0 Å². The fraction of sp³-hybridized carbons (Fsp3) is 0.562. The molecule has 0 bridgehead atoms. The number of aryl methyl sites for hydroxylation is 2. The van der Waals surface area contributed by atoms with Crippen LogP contribution in [0.2, 0.25) is 0 Å². The Morgan fingerprint density at radius 1 is 1.30 bits per heavy atom. The number of anilines is 1. The minimum atomic E-state index is -0.578. The van der Waals surface area contributed by atoms with Crippen LogP contribution >= 0.6 is 15.9 Å². The molecule has 0 saturated heterocycles. The van der Waals surface area contributed by atoms with Crippen molar-refractivity contribution < 1.29 is 9.53 Å². The fourth-order valence-electron chi connectivity index (χ4n) is 1.85. The monoisotopic (exact) mass is 341 g/mol. The number of hydrogen-bond acceptors (Lipinski definition) is 2. The number of alkyl halides is 1. The Labute approximate surface area is 130 Å². The molecule has 1 amide bonds. The van der Waals surface area contributed by atoms with Gasteiger partial charge in [-0.2, -0.15) is 0 Å². The summed E-state index contributed by atoms with van der Waals surface area (Å²) in [6.45, 7) is 10.5. The average Bonchev–Trinajstić information content (AvgIpc) is 2.31. The van der Waals surface area contributed by atoms with E-state index in [4.69, 9.17) is 4.74 Å². The summed E-state index contributed by atoms with van der Waals surface area (Å²) in [5.41, 5.74) is 2.90. The molecule has 0 fully saturated rings. The molecule has 0 aliphatic heterocycles. The molecule has 0 heterocycles. The number of carbonyl (C=O) groups excluding carboxylic acids is 1. The van der Waals surface area contributed by atoms with Crippen LogP contribution in [0.15, 0.2) is 12.1 Å². The molecule has 0 saturated carbocycles. The Kier molecular flexibility index (Phi) is 6.06. The van der Waals surface area contributed by atoms with E-state index in [9.17, 15) is 4.79 Å². The van der Waals surface area contributed by atoms with Gasteiger partial charge in [-0.3, -0.25) is 4.79 Å². The molecular weight excluding hydrogens is 318 g/mol. The van der Waals surface area contributed by atoms with E-state index in [1.54, 1.807) is 0 Å². The van der Waals surface area contributed by atoms with Crippen LogP contribution in [0.3, 0.4) is 0 Å². The van der Waals surface area contributed by atoms with E-state index in [1.165, 1.54) is 0 Å². The maximum absolute atomic E-state index is 12.0. The molecule has 1 aromatic carbocycles. The zero-order valence-electron chi connectivity index (χ0n) is 13.0. The quantitative estimate of drug-likeness (QED) is 0.606. The molecule has 0 radical (unpaired) electrons. The third kappa shape index (κ3) is 4.82. The number of amides is 1. The number of benzene rings is 1. The fourth-order valence-corrected chi connectivity index (χ4v) is 1.95. The van der Waals surface area contributed by atoms with Crippen molar-refractivity contribution in [1.82, 2.24) is 0 Å². The van der Waals surface area contributed by atoms with Crippen molar-refractivity contribution in [2.45, 2.75) is 51.8 Å². The summed E-state index contributed by atoms with van der Waals surface area (Å²) in [4.78, 5) is 12.0. The van der Waals surface area contributed by atoms with E-state index in [1.807, 2.05) is 39.8 Å².